The van der Waals surface area contributed by atoms with Gasteiger partial charge in [-0.3, -0.25) is 14.5 Å². The summed E-state index contributed by atoms with van der Waals surface area (Å²) < 4.78 is 14.2. The Labute approximate surface area is 129 Å². The Hall–Kier alpha value is -1.95. The third-order valence-corrected chi connectivity index (χ3v) is 3.97. The highest BCUT2D eigenvalue weighted by molar-refractivity contribution is 5.86. The van der Waals surface area contributed by atoms with Gasteiger partial charge in [0, 0.05) is 25.7 Å². The molecule has 5 nitrogen and oxygen atoms in total. The van der Waals surface area contributed by atoms with E-state index in [2.05, 4.69) is 10.6 Å². The summed E-state index contributed by atoms with van der Waals surface area (Å²) in [7, 11) is 1.52. The first-order valence-corrected chi connectivity index (χ1v) is 7.59. The van der Waals surface area contributed by atoms with Crippen molar-refractivity contribution in [2.45, 2.75) is 31.8 Å². The Bertz CT molecular complexity index is 550. The third-order valence-electron chi connectivity index (χ3n) is 3.97. The van der Waals surface area contributed by atoms with Gasteiger partial charge in [0.1, 0.15) is 11.9 Å². The largest absolute Gasteiger partial charge is 0.358 e. The van der Waals surface area contributed by atoms with Crippen LogP contribution in [-0.4, -0.2) is 42.9 Å². The van der Waals surface area contributed by atoms with E-state index < -0.39 is 17.9 Å². The fourth-order valence-electron chi connectivity index (χ4n) is 2.98. The van der Waals surface area contributed by atoms with Crippen molar-refractivity contribution in [1.29, 1.82) is 0 Å². The molecule has 0 aliphatic carbocycles. The van der Waals surface area contributed by atoms with Gasteiger partial charge in [0.25, 0.3) is 0 Å². The highest BCUT2D eigenvalue weighted by atomic mass is 19.1. The Kier molecular flexibility index (Phi) is 5.49. The van der Waals surface area contributed by atoms with Crippen LogP contribution >= 0.6 is 0 Å². The number of hydrogen-bond acceptors (Lipinski definition) is 3. The molecule has 1 aromatic rings. The molecule has 120 valence electrons. The van der Waals surface area contributed by atoms with E-state index in [1.54, 1.807) is 23.1 Å². The van der Waals surface area contributed by atoms with Crippen LogP contribution in [0.5, 0.6) is 0 Å². The number of rotatable bonds is 5. The van der Waals surface area contributed by atoms with Gasteiger partial charge < -0.3 is 10.6 Å². The lowest BCUT2D eigenvalue weighted by Crippen LogP contribution is -2.48. The van der Waals surface area contributed by atoms with Crippen molar-refractivity contribution in [2.24, 2.45) is 0 Å². The SMILES string of the molecule is CCNC(=O)C1CCCN1C(C(=O)NC)c1ccccc1F. The summed E-state index contributed by atoms with van der Waals surface area (Å²) in [5, 5.41) is 5.37. The van der Waals surface area contributed by atoms with Gasteiger partial charge in [-0.25, -0.2) is 4.39 Å². The van der Waals surface area contributed by atoms with E-state index in [0.29, 0.717) is 25.1 Å². The second kappa shape index (κ2) is 7.35. The predicted octanol–water partition coefficient (Wildman–Crippen LogP) is 1.21. The molecule has 1 aliphatic rings. The molecule has 1 fully saturated rings. The summed E-state index contributed by atoms with van der Waals surface area (Å²) in [5.41, 5.74) is 0.304. The molecule has 22 heavy (non-hydrogen) atoms. The van der Waals surface area contributed by atoms with Crippen LogP contribution in [-0.2, 0) is 9.59 Å². The van der Waals surface area contributed by atoms with E-state index in [1.807, 2.05) is 6.92 Å². The summed E-state index contributed by atoms with van der Waals surface area (Å²) in [6.07, 6.45) is 1.48. The second-order valence-electron chi connectivity index (χ2n) is 5.33. The highest BCUT2D eigenvalue weighted by Gasteiger charge is 2.39. The fourth-order valence-corrected chi connectivity index (χ4v) is 2.98. The van der Waals surface area contributed by atoms with Crippen LogP contribution in [0.25, 0.3) is 0 Å². The molecule has 1 heterocycles. The molecule has 0 saturated carbocycles. The summed E-state index contributed by atoms with van der Waals surface area (Å²) in [4.78, 5) is 26.3. The number of amides is 2. The van der Waals surface area contributed by atoms with Crippen LogP contribution in [0.2, 0.25) is 0 Å². The van der Waals surface area contributed by atoms with Crippen molar-refractivity contribution in [2.75, 3.05) is 20.1 Å². The first kappa shape index (κ1) is 16.4. The molecular formula is C16H22FN3O2. The summed E-state index contributed by atoms with van der Waals surface area (Å²) >= 11 is 0. The molecule has 1 aliphatic heterocycles. The zero-order valence-corrected chi connectivity index (χ0v) is 12.9. The van der Waals surface area contributed by atoms with Crippen LogP contribution in [0.15, 0.2) is 24.3 Å². The molecule has 2 rings (SSSR count). The zero-order chi connectivity index (χ0) is 16.1. The van der Waals surface area contributed by atoms with Crippen molar-refractivity contribution in [3.8, 4) is 0 Å². The number of hydrogen-bond donors (Lipinski definition) is 2. The van der Waals surface area contributed by atoms with Gasteiger partial charge in [-0.1, -0.05) is 18.2 Å². The molecule has 2 atom stereocenters. The molecule has 0 radical (unpaired) electrons. The maximum Gasteiger partial charge on any atom is 0.241 e. The molecule has 2 amide bonds. The van der Waals surface area contributed by atoms with E-state index in [0.717, 1.165) is 6.42 Å². The summed E-state index contributed by atoms with van der Waals surface area (Å²) in [6, 6.07) is 5.03. The number of likely N-dealkylation sites (N-methyl/N-ethyl adjacent to an activating group) is 2. The minimum atomic E-state index is -0.790. The maximum absolute atomic E-state index is 14.2. The molecule has 6 heteroatoms. The number of carbonyl (C=O) groups excluding carboxylic acids is 2. The van der Waals surface area contributed by atoms with Crippen LogP contribution in [0.3, 0.4) is 0 Å². The average Bonchev–Trinajstić information content (AvgIpc) is 2.98. The quantitative estimate of drug-likeness (QED) is 0.860. The average molecular weight is 307 g/mol. The number of benzene rings is 1. The first-order chi connectivity index (χ1) is 10.6. The molecule has 2 unspecified atom stereocenters. The van der Waals surface area contributed by atoms with Crippen molar-refractivity contribution < 1.29 is 14.0 Å². The van der Waals surface area contributed by atoms with Gasteiger partial charge in [-0.05, 0) is 25.8 Å². The van der Waals surface area contributed by atoms with Gasteiger partial charge in [-0.2, -0.15) is 0 Å². The molecule has 2 N–H and O–H groups in total. The monoisotopic (exact) mass is 307 g/mol. The molecule has 0 aromatic heterocycles. The zero-order valence-electron chi connectivity index (χ0n) is 12.9. The van der Waals surface area contributed by atoms with Crippen LogP contribution < -0.4 is 10.6 Å². The number of likely N-dealkylation sites (tertiary alicyclic amines) is 1. The maximum atomic E-state index is 14.2. The fraction of sp³-hybridized carbons (Fsp3) is 0.500. The Morgan fingerprint density at radius 1 is 1.41 bits per heavy atom. The van der Waals surface area contributed by atoms with Crippen molar-refractivity contribution in [3.63, 3.8) is 0 Å². The minimum Gasteiger partial charge on any atom is -0.358 e. The lowest BCUT2D eigenvalue weighted by molar-refractivity contribution is -0.131. The van der Waals surface area contributed by atoms with E-state index in [-0.39, 0.29) is 11.8 Å². The third kappa shape index (κ3) is 3.27. The Morgan fingerprint density at radius 2 is 2.14 bits per heavy atom. The topological polar surface area (TPSA) is 61.4 Å². The minimum absolute atomic E-state index is 0.106. The molecule has 1 saturated heterocycles. The van der Waals surface area contributed by atoms with Crippen LogP contribution in [0, 0.1) is 5.82 Å². The highest BCUT2D eigenvalue weighted by Crippen LogP contribution is 2.31. The molecule has 0 bridgehead atoms. The summed E-state index contributed by atoms with van der Waals surface area (Å²) in [6.45, 7) is 2.98. The smallest absolute Gasteiger partial charge is 0.241 e. The lowest BCUT2D eigenvalue weighted by atomic mass is 10.0. The number of nitrogens with zero attached hydrogens (tertiary/aromatic N) is 1. The van der Waals surface area contributed by atoms with Crippen molar-refractivity contribution in [3.05, 3.63) is 35.6 Å². The van der Waals surface area contributed by atoms with E-state index >= 15 is 0 Å². The predicted molar refractivity (Wildman–Crippen MR) is 81.6 cm³/mol. The van der Waals surface area contributed by atoms with E-state index in [4.69, 9.17) is 0 Å². The number of halogens is 1. The summed E-state index contributed by atoms with van der Waals surface area (Å²) in [5.74, 6) is -0.843. The number of nitrogens with one attached hydrogen (secondary N) is 2. The van der Waals surface area contributed by atoms with E-state index in [9.17, 15) is 14.0 Å². The molecule has 0 spiro atoms. The normalized spacial score (nSPS) is 19.7. The van der Waals surface area contributed by atoms with E-state index in [1.165, 1.54) is 13.1 Å². The lowest BCUT2D eigenvalue weighted by Gasteiger charge is -2.31. The molecule has 1 aromatic carbocycles. The van der Waals surface area contributed by atoms with Gasteiger partial charge in [0.15, 0.2) is 0 Å². The Balaban J connectivity index is 2.35. The second-order valence-corrected chi connectivity index (χ2v) is 5.33. The van der Waals surface area contributed by atoms with Gasteiger partial charge in [0.05, 0.1) is 6.04 Å². The Morgan fingerprint density at radius 3 is 2.77 bits per heavy atom. The molecular weight excluding hydrogens is 285 g/mol. The van der Waals surface area contributed by atoms with Gasteiger partial charge in [0.2, 0.25) is 11.8 Å². The van der Waals surface area contributed by atoms with Gasteiger partial charge in [-0.15, -0.1) is 0 Å². The van der Waals surface area contributed by atoms with Crippen LogP contribution in [0.4, 0.5) is 4.39 Å². The van der Waals surface area contributed by atoms with Gasteiger partial charge >= 0.3 is 0 Å². The van der Waals surface area contributed by atoms with Crippen molar-refractivity contribution >= 4 is 11.8 Å². The van der Waals surface area contributed by atoms with Crippen LogP contribution in [0.1, 0.15) is 31.4 Å². The van der Waals surface area contributed by atoms with Crippen molar-refractivity contribution in [1.82, 2.24) is 15.5 Å². The first-order valence-electron chi connectivity index (χ1n) is 7.59. The number of carbonyl (C=O) groups is 2. The standard InChI is InChI=1S/C16H22FN3O2/c1-3-19-15(21)13-9-6-10-20(13)14(16(22)18-2)11-7-4-5-8-12(11)17/h4-5,7-8,13-14H,3,6,9-10H2,1-2H3,(H,18,22)(H,19,21).